The van der Waals surface area contributed by atoms with Crippen LogP contribution in [0.5, 0.6) is 0 Å². The number of nitrogens with zero attached hydrogens (tertiary/aromatic N) is 4. The van der Waals surface area contributed by atoms with E-state index in [4.69, 9.17) is 5.26 Å². The molecule has 2 aliphatic rings. The van der Waals surface area contributed by atoms with Crippen LogP contribution in [-0.2, 0) is 16.6 Å². The molecule has 1 aromatic heterocycles. The Labute approximate surface area is 238 Å². The number of carbonyl (C=O) groups is 1. The van der Waals surface area contributed by atoms with Gasteiger partial charge in [0.2, 0.25) is 10.0 Å². The van der Waals surface area contributed by atoms with Gasteiger partial charge in [-0.1, -0.05) is 24.3 Å². The molecule has 41 heavy (non-hydrogen) atoms. The number of hydrogen-bond donors (Lipinski definition) is 1. The molecule has 3 heterocycles. The van der Waals surface area contributed by atoms with Gasteiger partial charge in [0.1, 0.15) is 5.69 Å². The third-order valence-electron chi connectivity index (χ3n) is 8.05. The molecule has 6 rings (SSSR count). The Balaban J connectivity index is 1.28. The van der Waals surface area contributed by atoms with Crippen molar-refractivity contribution in [3.8, 4) is 6.07 Å². The van der Waals surface area contributed by atoms with Crippen LogP contribution in [0.2, 0.25) is 0 Å². The largest absolute Gasteiger partial charge is 0.377 e. The summed E-state index contributed by atoms with van der Waals surface area (Å²) in [5, 5.41) is 13.2. The smallest absolute Gasteiger partial charge is 0.274 e. The van der Waals surface area contributed by atoms with Gasteiger partial charge in [0.15, 0.2) is 0 Å². The summed E-state index contributed by atoms with van der Waals surface area (Å²) in [5.41, 5.74) is 2.37. The highest BCUT2D eigenvalue weighted by atomic mass is 32.2. The summed E-state index contributed by atoms with van der Waals surface area (Å²) in [5.74, 6) is -0.612. The predicted molar refractivity (Wildman–Crippen MR) is 158 cm³/mol. The molecule has 10 heteroatoms. The second-order valence-corrected chi connectivity index (χ2v) is 12.8. The predicted octanol–water partition coefficient (Wildman–Crippen LogP) is 4.00. The van der Waals surface area contributed by atoms with Crippen LogP contribution in [0.15, 0.2) is 82.5 Å². The maximum absolute atomic E-state index is 14.0. The second kappa shape index (κ2) is 10.2. The van der Waals surface area contributed by atoms with Crippen molar-refractivity contribution in [2.75, 3.05) is 37.4 Å². The molecule has 2 atom stereocenters. The number of hydrogen-bond acceptors (Lipinski definition) is 6. The summed E-state index contributed by atoms with van der Waals surface area (Å²) < 4.78 is 31.3. The first-order chi connectivity index (χ1) is 19.7. The first-order valence-corrected chi connectivity index (χ1v) is 14.9. The van der Waals surface area contributed by atoms with E-state index in [1.54, 1.807) is 51.3 Å². The Morgan fingerprint density at radius 1 is 0.951 bits per heavy atom. The van der Waals surface area contributed by atoms with Crippen LogP contribution in [-0.4, -0.2) is 50.4 Å². The molecular formula is C31H29N5O4S. The molecule has 2 aliphatic heterocycles. The highest BCUT2D eigenvalue weighted by Crippen LogP contribution is 2.39. The van der Waals surface area contributed by atoms with Gasteiger partial charge in [-0.05, 0) is 60.9 Å². The highest BCUT2D eigenvalue weighted by molar-refractivity contribution is 7.89. The number of pyridine rings is 1. The van der Waals surface area contributed by atoms with Crippen LogP contribution in [0, 0.1) is 17.2 Å². The Kier molecular flexibility index (Phi) is 6.64. The molecule has 0 spiro atoms. The summed E-state index contributed by atoms with van der Waals surface area (Å²) in [6, 6.07) is 22.7. The van der Waals surface area contributed by atoms with Crippen LogP contribution in [0.3, 0.4) is 0 Å². The minimum atomic E-state index is -3.80. The number of fused-ring (bicyclic) bond motifs is 5. The topological polar surface area (TPSA) is 116 Å². The van der Waals surface area contributed by atoms with Gasteiger partial charge < -0.3 is 14.8 Å². The third kappa shape index (κ3) is 4.67. The Morgan fingerprint density at radius 3 is 2.41 bits per heavy atom. The van der Waals surface area contributed by atoms with E-state index < -0.39 is 15.9 Å². The normalized spacial score (nSPS) is 18.4. The number of aromatic nitrogens is 1. The average Bonchev–Trinajstić information content (AvgIpc) is 2.98. The molecule has 208 valence electrons. The minimum Gasteiger partial charge on any atom is -0.377 e. The van der Waals surface area contributed by atoms with Crippen molar-refractivity contribution in [1.82, 2.24) is 8.87 Å². The lowest BCUT2D eigenvalue weighted by Crippen LogP contribution is -2.49. The quantitative estimate of drug-likeness (QED) is 0.390. The van der Waals surface area contributed by atoms with Crippen molar-refractivity contribution in [2.45, 2.75) is 23.8 Å². The molecule has 0 aliphatic carbocycles. The van der Waals surface area contributed by atoms with Gasteiger partial charge in [-0.2, -0.15) is 9.57 Å². The Morgan fingerprint density at radius 2 is 1.68 bits per heavy atom. The van der Waals surface area contributed by atoms with Crippen molar-refractivity contribution < 1.29 is 13.2 Å². The number of nitriles is 1. The summed E-state index contributed by atoms with van der Waals surface area (Å²) in [7, 11) is 0.0758. The first-order valence-electron chi connectivity index (χ1n) is 13.4. The molecule has 2 bridgehead atoms. The van der Waals surface area contributed by atoms with E-state index in [1.807, 2.05) is 55.4 Å². The zero-order valence-corrected chi connectivity index (χ0v) is 23.6. The van der Waals surface area contributed by atoms with E-state index in [9.17, 15) is 18.0 Å². The lowest BCUT2D eigenvalue weighted by Gasteiger charge is -2.42. The van der Waals surface area contributed by atoms with E-state index >= 15 is 0 Å². The van der Waals surface area contributed by atoms with E-state index in [-0.39, 0.29) is 34.5 Å². The molecule has 0 unspecified atom stereocenters. The van der Waals surface area contributed by atoms with Crippen molar-refractivity contribution in [2.24, 2.45) is 5.92 Å². The number of rotatable bonds is 5. The van der Waals surface area contributed by atoms with Crippen molar-refractivity contribution in [1.29, 1.82) is 5.26 Å². The molecule has 1 amide bonds. The SMILES string of the molecule is CN(C)c1cccc2c(S(=O)(=O)N3C[C@@H]4C[C@H](C3)c3ccc(NC(=O)c5ccc(C#N)cc5)c(=O)n3C4)cccc12. The van der Waals surface area contributed by atoms with Gasteiger partial charge in [0.05, 0.1) is 16.5 Å². The minimum absolute atomic E-state index is 0.0366. The highest BCUT2D eigenvalue weighted by Gasteiger charge is 2.40. The standard InChI is InChI=1S/C31H29N5O4S/c1-34(2)28-7-3-6-25-24(28)5-4-8-29(25)41(39,40)35-17-21-15-23(19-35)27-14-13-26(31(38)36(27)18-21)33-30(37)22-11-9-20(16-32)10-12-22/h3-14,21,23H,15,17-19H2,1-2H3,(H,33,37)/t21-,23+/m0/s1. The summed E-state index contributed by atoms with van der Waals surface area (Å²) >= 11 is 0. The van der Waals surface area contributed by atoms with Crippen molar-refractivity contribution >= 4 is 38.1 Å². The Hall–Kier alpha value is -4.46. The lowest BCUT2D eigenvalue weighted by molar-refractivity contribution is 0.102. The van der Waals surface area contributed by atoms with Crippen molar-refractivity contribution in [3.05, 3.63) is 100.0 Å². The fourth-order valence-corrected chi connectivity index (χ4v) is 7.87. The number of sulfonamides is 1. The fraction of sp³-hybridized carbons (Fsp3) is 0.258. The van der Waals surface area contributed by atoms with E-state index in [1.165, 1.54) is 0 Å². The van der Waals surface area contributed by atoms with Crippen LogP contribution in [0.25, 0.3) is 10.8 Å². The molecule has 9 nitrogen and oxygen atoms in total. The lowest BCUT2D eigenvalue weighted by atomic mass is 9.84. The van der Waals surface area contributed by atoms with Gasteiger partial charge in [-0.15, -0.1) is 0 Å². The summed E-state index contributed by atoms with van der Waals surface area (Å²) in [6.45, 7) is 0.965. The first kappa shape index (κ1) is 26.7. The van der Waals surface area contributed by atoms with E-state index in [0.29, 0.717) is 29.6 Å². The summed E-state index contributed by atoms with van der Waals surface area (Å²) in [6.07, 6.45) is 0.794. The number of carbonyl (C=O) groups excluding carboxylic acids is 1. The van der Waals surface area contributed by atoms with Gasteiger partial charge in [-0.3, -0.25) is 9.59 Å². The van der Waals surface area contributed by atoms with E-state index in [2.05, 4.69) is 5.32 Å². The molecule has 1 fully saturated rings. The summed E-state index contributed by atoms with van der Waals surface area (Å²) in [4.78, 5) is 28.4. The molecule has 0 saturated carbocycles. The van der Waals surface area contributed by atoms with Gasteiger partial charge in [0, 0.05) is 67.4 Å². The zero-order chi connectivity index (χ0) is 28.9. The van der Waals surface area contributed by atoms with Crippen LogP contribution in [0.1, 0.15) is 34.0 Å². The number of anilines is 2. The number of nitrogens with one attached hydrogen (secondary N) is 1. The van der Waals surface area contributed by atoms with Crippen LogP contribution >= 0.6 is 0 Å². The Bertz CT molecular complexity index is 1890. The molecule has 1 saturated heterocycles. The van der Waals surface area contributed by atoms with Crippen LogP contribution in [0.4, 0.5) is 11.4 Å². The van der Waals surface area contributed by atoms with Crippen LogP contribution < -0.4 is 15.8 Å². The number of benzene rings is 3. The maximum atomic E-state index is 14.0. The number of amides is 1. The molecule has 0 radical (unpaired) electrons. The average molecular weight is 568 g/mol. The monoisotopic (exact) mass is 567 g/mol. The number of piperidine rings is 1. The van der Waals surface area contributed by atoms with Gasteiger partial charge in [0.25, 0.3) is 11.5 Å². The zero-order valence-electron chi connectivity index (χ0n) is 22.7. The van der Waals surface area contributed by atoms with Crippen molar-refractivity contribution in [3.63, 3.8) is 0 Å². The second-order valence-electron chi connectivity index (χ2n) is 10.9. The fourth-order valence-electron chi connectivity index (χ4n) is 6.10. The molecule has 1 N–H and O–H groups in total. The molecular weight excluding hydrogens is 538 g/mol. The maximum Gasteiger partial charge on any atom is 0.274 e. The van der Waals surface area contributed by atoms with Gasteiger partial charge in [-0.25, -0.2) is 8.42 Å². The third-order valence-corrected chi connectivity index (χ3v) is 9.94. The molecule has 4 aromatic rings. The molecule has 3 aromatic carbocycles. The van der Waals surface area contributed by atoms with Gasteiger partial charge >= 0.3 is 0 Å². The van der Waals surface area contributed by atoms with E-state index in [0.717, 1.165) is 23.2 Å².